The van der Waals surface area contributed by atoms with Gasteiger partial charge in [0.2, 0.25) is 0 Å². The van der Waals surface area contributed by atoms with Crippen LogP contribution >= 0.6 is 0 Å². The van der Waals surface area contributed by atoms with Gasteiger partial charge < -0.3 is 10.3 Å². The Morgan fingerprint density at radius 1 is 1.22 bits per heavy atom. The van der Waals surface area contributed by atoms with E-state index in [1.54, 1.807) is 0 Å². The highest BCUT2D eigenvalue weighted by Gasteiger charge is 2.24. The van der Waals surface area contributed by atoms with E-state index in [4.69, 9.17) is 10.7 Å². The zero-order chi connectivity index (χ0) is 13.7. The first kappa shape index (κ1) is 12.7. The first-order valence-electron chi connectivity index (χ1n) is 6.05. The minimum absolute atomic E-state index is 0.0305. The zero-order valence-corrected chi connectivity index (χ0v) is 11.9. The third kappa shape index (κ3) is 1.79. The van der Waals surface area contributed by atoms with E-state index >= 15 is 0 Å². The number of rotatable bonds is 1. The van der Waals surface area contributed by atoms with E-state index in [1.165, 1.54) is 0 Å². The average Bonchev–Trinajstić information content (AvgIpc) is 2.72. The third-order valence-electron chi connectivity index (χ3n) is 3.30. The average molecular weight is 247 g/mol. The van der Waals surface area contributed by atoms with E-state index in [0.29, 0.717) is 5.82 Å². The lowest BCUT2D eigenvalue weighted by Gasteiger charge is -2.17. The number of aryl methyl sites for hydroxylation is 1. The molecule has 0 radical (unpaired) electrons. The van der Waals surface area contributed by atoms with Crippen LogP contribution in [0.15, 0.2) is 6.20 Å². The van der Waals surface area contributed by atoms with E-state index in [0.717, 1.165) is 22.8 Å². The van der Waals surface area contributed by atoms with Gasteiger partial charge in [-0.2, -0.15) is 5.10 Å². The van der Waals surface area contributed by atoms with Crippen LogP contribution in [0.4, 0.5) is 5.82 Å². The first-order chi connectivity index (χ1) is 8.23. The molecule has 2 rings (SSSR count). The van der Waals surface area contributed by atoms with Gasteiger partial charge >= 0.3 is 0 Å². The fraction of sp³-hybridized carbons (Fsp3) is 0.538. The summed E-state index contributed by atoms with van der Waals surface area (Å²) in [5.74, 6) is 1.68. The summed E-state index contributed by atoms with van der Waals surface area (Å²) in [7, 11) is 3.88. The fourth-order valence-corrected chi connectivity index (χ4v) is 2.11. The number of nitrogens with zero attached hydrogens (tertiary/aromatic N) is 4. The summed E-state index contributed by atoms with van der Waals surface area (Å²) >= 11 is 0. The van der Waals surface area contributed by atoms with E-state index in [2.05, 4.69) is 25.9 Å². The summed E-state index contributed by atoms with van der Waals surface area (Å²) in [5.41, 5.74) is 9.04. The second-order valence-corrected chi connectivity index (χ2v) is 5.75. The summed E-state index contributed by atoms with van der Waals surface area (Å²) < 4.78 is 3.79. The van der Waals surface area contributed by atoms with Crippen LogP contribution in [-0.2, 0) is 19.5 Å². The molecule has 5 nitrogen and oxygen atoms in total. The number of aromatic nitrogens is 4. The molecule has 0 aliphatic rings. The summed E-state index contributed by atoms with van der Waals surface area (Å²) in [6.45, 7) is 8.42. The van der Waals surface area contributed by atoms with E-state index in [-0.39, 0.29) is 5.41 Å². The summed E-state index contributed by atoms with van der Waals surface area (Å²) in [5, 5.41) is 4.25. The van der Waals surface area contributed by atoms with E-state index in [9.17, 15) is 0 Å². The lowest BCUT2D eigenvalue weighted by molar-refractivity contribution is 0.524. The van der Waals surface area contributed by atoms with Crippen LogP contribution in [0, 0.1) is 6.92 Å². The molecule has 2 N–H and O–H groups in total. The van der Waals surface area contributed by atoms with E-state index in [1.807, 2.05) is 36.5 Å². The molecule has 0 unspecified atom stereocenters. The van der Waals surface area contributed by atoms with Crippen LogP contribution in [-0.4, -0.2) is 19.3 Å². The van der Waals surface area contributed by atoms with Crippen LogP contribution in [0.25, 0.3) is 11.3 Å². The van der Waals surface area contributed by atoms with Gasteiger partial charge in [-0.3, -0.25) is 4.68 Å². The zero-order valence-electron chi connectivity index (χ0n) is 11.9. The molecule has 2 aromatic heterocycles. The van der Waals surface area contributed by atoms with Gasteiger partial charge in [-0.25, -0.2) is 4.98 Å². The molecule has 0 saturated carbocycles. The highest BCUT2D eigenvalue weighted by Crippen LogP contribution is 2.32. The number of hydrogen-bond donors (Lipinski definition) is 1. The highest BCUT2D eigenvalue weighted by atomic mass is 15.3. The molecule has 2 heterocycles. The maximum atomic E-state index is 6.17. The Bertz CT molecular complexity index is 583. The SMILES string of the molecule is Cc1c(-c2nc(C(C)(C)C)n(C)c2N)cnn1C. The molecule has 0 saturated heterocycles. The van der Waals surface area contributed by atoms with Gasteiger partial charge in [0.05, 0.1) is 6.20 Å². The van der Waals surface area contributed by atoms with Crippen molar-refractivity contribution in [2.75, 3.05) is 5.73 Å². The number of anilines is 1. The fourth-order valence-electron chi connectivity index (χ4n) is 2.11. The van der Waals surface area contributed by atoms with Crippen molar-refractivity contribution in [1.82, 2.24) is 19.3 Å². The predicted molar refractivity (Wildman–Crippen MR) is 73.3 cm³/mol. The van der Waals surface area contributed by atoms with Gasteiger partial charge in [-0.1, -0.05) is 20.8 Å². The van der Waals surface area contributed by atoms with Crippen molar-refractivity contribution >= 4 is 5.82 Å². The molecule has 2 aromatic rings. The van der Waals surface area contributed by atoms with Crippen LogP contribution in [0.1, 0.15) is 32.3 Å². The highest BCUT2D eigenvalue weighted by molar-refractivity contribution is 5.72. The van der Waals surface area contributed by atoms with Gasteiger partial charge in [0, 0.05) is 30.8 Å². The van der Waals surface area contributed by atoms with Gasteiger partial charge in [0.25, 0.3) is 0 Å². The molecule has 0 aliphatic carbocycles. The van der Waals surface area contributed by atoms with Crippen LogP contribution in [0.2, 0.25) is 0 Å². The molecule has 0 aromatic carbocycles. The van der Waals surface area contributed by atoms with E-state index < -0.39 is 0 Å². The largest absolute Gasteiger partial charge is 0.383 e. The Morgan fingerprint density at radius 3 is 2.22 bits per heavy atom. The number of nitrogen functional groups attached to an aromatic ring is 1. The molecular formula is C13H21N5. The Morgan fingerprint density at radius 2 is 1.83 bits per heavy atom. The second kappa shape index (κ2) is 3.86. The molecule has 0 amide bonds. The quantitative estimate of drug-likeness (QED) is 0.838. The minimum atomic E-state index is -0.0305. The predicted octanol–water partition coefficient (Wildman–Crippen LogP) is 2.01. The van der Waals surface area contributed by atoms with Crippen molar-refractivity contribution < 1.29 is 0 Å². The second-order valence-electron chi connectivity index (χ2n) is 5.75. The van der Waals surface area contributed by atoms with Gasteiger partial charge in [-0.15, -0.1) is 0 Å². The number of imidazole rings is 1. The van der Waals surface area contributed by atoms with Gasteiger partial charge in [0.1, 0.15) is 17.3 Å². The molecule has 0 fully saturated rings. The van der Waals surface area contributed by atoms with Crippen molar-refractivity contribution in [1.29, 1.82) is 0 Å². The van der Waals surface area contributed by atoms with Crippen LogP contribution < -0.4 is 5.73 Å². The first-order valence-corrected chi connectivity index (χ1v) is 6.05. The van der Waals surface area contributed by atoms with Crippen LogP contribution in [0.5, 0.6) is 0 Å². The molecule has 18 heavy (non-hydrogen) atoms. The van der Waals surface area contributed by atoms with Crippen molar-refractivity contribution in [2.24, 2.45) is 14.1 Å². The maximum absolute atomic E-state index is 6.17. The minimum Gasteiger partial charge on any atom is -0.383 e. The van der Waals surface area contributed by atoms with Crippen molar-refractivity contribution in [3.8, 4) is 11.3 Å². The Hall–Kier alpha value is -1.78. The standard InChI is InChI=1S/C13H21N5/c1-8-9(7-15-18(8)6)10-11(14)17(5)12(16-10)13(2,3)4/h7H,14H2,1-6H3. The molecule has 0 aliphatic heterocycles. The number of nitrogens with two attached hydrogens (primary N) is 1. The lowest BCUT2D eigenvalue weighted by Crippen LogP contribution is -2.17. The summed E-state index contributed by atoms with van der Waals surface area (Å²) in [6.07, 6.45) is 1.82. The lowest BCUT2D eigenvalue weighted by atomic mass is 9.96. The molecule has 98 valence electrons. The van der Waals surface area contributed by atoms with Crippen molar-refractivity contribution in [3.63, 3.8) is 0 Å². The molecule has 0 bridgehead atoms. The molecule has 0 atom stereocenters. The Kier molecular flexibility index (Phi) is 2.72. The topological polar surface area (TPSA) is 61.7 Å². The van der Waals surface area contributed by atoms with Crippen molar-refractivity contribution in [3.05, 3.63) is 17.7 Å². The molecule has 0 spiro atoms. The van der Waals surface area contributed by atoms with Gasteiger partial charge in [0.15, 0.2) is 0 Å². The maximum Gasteiger partial charge on any atom is 0.131 e. The number of hydrogen-bond acceptors (Lipinski definition) is 3. The molecular weight excluding hydrogens is 226 g/mol. The molecule has 5 heteroatoms. The summed E-state index contributed by atoms with van der Waals surface area (Å²) in [6, 6.07) is 0. The van der Waals surface area contributed by atoms with Crippen molar-refractivity contribution in [2.45, 2.75) is 33.1 Å². The third-order valence-corrected chi connectivity index (χ3v) is 3.30. The Balaban J connectivity index is 2.64. The normalized spacial score (nSPS) is 12.1. The monoisotopic (exact) mass is 247 g/mol. The Labute approximate surface area is 108 Å². The van der Waals surface area contributed by atoms with Gasteiger partial charge in [-0.05, 0) is 6.92 Å². The smallest absolute Gasteiger partial charge is 0.131 e. The van der Waals surface area contributed by atoms with Crippen LogP contribution in [0.3, 0.4) is 0 Å². The summed E-state index contributed by atoms with van der Waals surface area (Å²) in [4.78, 5) is 4.71.